The van der Waals surface area contributed by atoms with E-state index < -0.39 is 23.1 Å². The van der Waals surface area contributed by atoms with Gasteiger partial charge in [0.05, 0.1) is 17.3 Å². The zero-order chi connectivity index (χ0) is 15.4. The van der Waals surface area contributed by atoms with E-state index in [2.05, 4.69) is 5.32 Å². The van der Waals surface area contributed by atoms with Crippen LogP contribution in [0.4, 0.5) is 14.5 Å². The van der Waals surface area contributed by atoms with Crippen LogP contribution in [0.5, 0.6) is 0 Å². The van der Waals surface area contributed by atoms with Crippen LogP contribution in [0.2, 0.25) is 0 Å². The summed E-state index contributed by atoms with van der Waals surface area (Å²) < 4.78 is 27.2. The summed E-state index contributed by atoms with van der Waals surface area (Å²) in [6, 6.07) is 10.4. The summed E-state index contributed by atoms with van der Waals surface area (Å²) in [6.07, 6.45) is 0. The summed E-state index contributed by atoms with van der Waals surface area (Å²) in [4.78, 5) is 11.8. The maximum absolute atomic E-state index is 13.7. The highest BCUT2D eigenvalue weighted by Crippen LogP contribution is 2.18. The van der Waals surface area contributed by atoms with Crippen LogP contribution in [0.1, 0.15) is 21.5 Å². The Hall–Kier alpha value is -2.94. The van der Waals surface area contributed by atoms with Gasteiger partial charge < -0.3 is 11.1 Å². The molecule has 0 aliphatic carbocycles. The topological polar surface area (TPSA) is 78.9 Å². The minimum Gasteiger partial charge on any atom is -0.396 e. The highest BCUT2D eigenvalue weighted by molar-refractivity contribution is 5.95. The first-order valence-electron chi connectivity index (χ1n) is 6.03. The van der Waals surface area contributed by atoms with Crippen LogP contribution in [0.25, 0.3) is 0 Å². The van der Waals surface area contributed by atoms with E-state index in [0.29, 0.717) is 11.1 Å². The van der Waals surface area contributed by atoms with Crippen molar-refractivity contribution in [3.05, 3.63) is 64.7 Å². The zero-order valence-corrected chi connectivity index (χ0v) is 10.9. The molecule has 0 fully saturated rings. The van der Waals surface area contributed by atoms with Gasteiger partial charge in [0.25, 0.3) is 5.91 Å². The lowest BCUT2D eigenvalue weighted by molar-refractivity contribution is 0.0942. The number of amides is 1. The van der Waals surface area contributed by atoms with E-state index in [-0.39, 0.29) is 12.2 Å². The molecule has 0 aliphatic rings. The first kappa shape index (κ1) is 14.5. The molecular formula is C15H11F2N3O. The molecule has 0 aromatic heterocycles. The Morgan fingerprint density at radius 2 is 1.86 bits per heavy atom. The predicted molar refractivity (Wildman–Crippen MR) is 73.1 cm³/mol. The Morgan fingerprint density at radius 1 is 1.19 bits per heavy atom. The van der Waals surface area contributed by atoms with E-state index in [9.17, 15) is 13.6 Å². The van der Waals surface area contributed by atoms with Gasteiger partial charge >= 0.3 is 0 Å². The number of carbonyl (C=O) groups is 1. The summed E-state index contributed by atoms with van der Waals surface area (Å²) in [6.45, 7) is 0.0816. The van der Waals surface area contributed by atoms with Gasteiger partial charge in [-0.15, -0.1) is 0 Å². The molecule has 2 rings (SSSR count). The van der Waals surface area contributed by atoms with Gasteiger partial charge in [-0.25, -0.2) is 8.78 Å². The molecule has 3 N–H and O–H groups in total. The largest absolute Gasteiger partial charge is 0.396 e. The second kappa shape index (κ2) is 6.01. The van der Waals surface area contributed by atoms with E-state index in [1.54, 1.807) is 24.3 Å². The summed E-state index contributed by atoms with van der Waals surface area (Å²) in [5, 5.41) is 11.1. The van der Waals surface area contributed by atoms with Crippen molar-refractivity contribution in [2.75, 3.05) is 5.73 Å². The van der Waals surface area contributed by atoms with Crippen LogP contribution < -0.4 is 11.1 Å². The Labute approximate surface area is 119 Å². The van der Waals surface area contributed by atoms with Gasteiger partial charge in [-0.05, 0) is 29.8 Å². The summed E-state index contributed by atoms with van der Waals surface area (Å²) in [5.74, 6) is -2.94. The number of halogens is 2. The van der Waals surface area contributed by atoms with Gasteiger partial charge in [0, 0.05) is 6.54 Å². The lowest BCUT2D eigenvalue weighted by atomic mass is 10.1. The molecule has 1 amide bonds. The summed E-state index contributed by atoms with van der Waals surface area (Å²) in [7, 11) is 0. The molecule has 0 bridgehead atoms. The smallest absolute Gasteiger partial charge is 0.257 e. The molecule has 21 heavy (non-hydrogen) atoms. The Morgan fingerprint density at radius 3 is 2.48 bits per heavy atom. The Kier molecular flexibility index (Phi) is 4.14. The normalized spacial score (nSPS) is 9.95. The Bertz CT molecular complexity index is 721. The van der Waals surface area contributed by atoms with Gasteiger partial charge in [0.2, 0.25) is 0 Å². The van der Waals surface area contributed by atoms with Crippen molar-refractivity contribution >= 4 is 11.6 Å². The van der Waals surface area contributed by atoms with Crippen molar-refractivity contribution in [1.29, 1.82) is 5.26 Å². The quantitative estimate of drug-likeness (QED) is 0.850. The van der Waals surface area contributed by atoms with Crippen LogP contribution in [0.15, 0.2) is 36.4 Å². The molecule has 0 heterocycles. The van der Waals surface area contributed by atoms with Gasteiger partial charge in [-0.3, -0.25) is 4.79 Å². The molecular weight excluding hydrogens is 276 g/mol. The number of nitrogens with two attached hydrogens (primary N) is 1. The van der Waals surface area contributed by atoms with Crippen molar-refractivity contribution in [3.8, 4) is 6.07 Å². The van der Waals surface area contributed by atoms with Crippen molar-refractivity contribution in [3.63, 3.8) is 0 Å². The lowest BCUT2D eigenvalue weighted by Crippen LogP contribution is -2.25. The molecule has 0 aliphatic heterocycles. The van der Waals surface area contributed by atoms with Crippen LogP contribution in [-0.4, -0.2) is 5.91 Å². The van der Waals surface area contributed by atoms with Gasteiger partial charge in [0.15, 0.2) is 5.82 Å². The molecule has 0 atom stereocenters. The van der Waals surface area contributed by atoms with Gasteiger partial charge in [-0.2, -0.15) is 5.26 Å². The number of carbonyl (C=O) groups excluding carboxylic acids is 1. The third kappa shape index (κ3) is 3.15. The van der Waals surface area contributed by atoms with Crippen molar-refractivity contribution in [1.82, 2.24) is 5.32 Å². The summed E-state index contributed by atoms with van der Waals surface area (Å²) >= 11 is 0. The fourth-order valence-corrected chi connectivity index (χ4v) is 1.74. The molecule has 0 spiro atoms. The molecule has 106 valence electrons. The third-order valence-electron chi connectivity index (χ3n) is 2.88. The van der Waals surface area contributed by atoms with Crippen LogP contribution in [-0.2, 0) is 6.54 Å². The molecule has 0 unspecified atom stereocenters. The lowest BCUT2D eigenvalue weighted by Gasteiger charge is -2.08. The molecule has 2 aromatic carbocycles. The van der Waals surface area contributed by atoms with Crippen LogP contribution in [0.3, 0.4) is 0 Å². The second-order valence-electron chi connectivity index (χ2n) is 4.32. The highest BCUT2D eigenvalue weighted by Gasteiger charge is 2.19. The maximum Gasteiger partial charge on any atom is 0.257 e. The molecule has 0 saturated carbocycles. The van der Waals surface area contributed by atoms with Gasteiger partial charge in [0.1, 0.15) is 11.4 Å². The molecule has 2 aromatic rings. The highest BCUT2D eigenvalue weighted by atomic mass is 19.1. The number of nitriles is 1. The first-order chi connectivity index (χ1) is 10.0. The van der Waals surface area contributed by atoms with Crippen molar-refractivity contribution < 1.29 is 13.6 Å². The Balaban J connectivity index is 2.12. The third-order valence-corrected chi connectivity index (χ3v) is 2.88. The van der Waals surface area contributed by atoms with E-state index in [4.69, 9.17) is 11.0 Å². The minimum absolute atomic E-state index is 0.0816. The predicted octanol–water partition coefficient (Wildman–Crippen LogP) is 2.35. The number of anilines is 1. The monoisotopic (exact) mass is 287 g/mol. The van der Waals surface area contributed by atoms with Crippen LogP contribution >= 0.6 is 0 Å². The van der Waals surface area contributed by atoms with Crippen LogP contribution in [0, 0.1) is 23.0 Å². The fraction of sp³-hybridized carbons (Fsp3) is 0.0667. The van der Waals surface area contributed by atoms with E-state index in [1.807, 2.05) is 6.07 Å². The van der Waals surface area contributed by atoms with Crippen molar-refractivity contribution in [2.24, 2.45) is 0 Å². The number of nitrogen functional groups attached to an aromatic ring is 1. The van der Waals surface area contributed by atoms with E-state index >= 15 is 0 Å². The van der Waals surface area contributed by atoms with E-state index in [1.165, 1.54) is 0 Å². The standard InChI is InChI=1S/C15H11F2N3O/c16-11-5-6-12(19)14(17)13(11)15(21)20-8-10-3-1-9(7-18)2-4-10/h1-6H,8,19H2,(H,20,21). The molecule has 6 heteroatoms. The molecule has 4 nitrogen and oxygen atoms in total. The number of hydrogen-bond donors (Lipinski definition) is 2. The summed E-state index contributed by atoms with van der Waals surface area (Å²) in [5.41, 5.74) is 5.50. The van der Waals surface area contributed by atoms with Crippen molar-refractivity contribution in [2.45, 2.75) is 6.54 Å². The molecule has 0 saturated heterocycles. The second-order valence-corrected chi connectivity index (χ2v) is 4.32. The number of benzene rings is 2. The number of rotatable bonds is 3. The average Bonchev–Trinajstić information content (AvgIpc) is 2.50. The first-order valence-corrected chi connectivity index (χ1v) is 6.03. The maximum atomic E-state index is 13.7. The zero-order valence-electron chi connectivity index (χ0n) is 10.9. The molecule has 0 radical (unpaired) electrons. The number of hydrogen-bond acceptors (Lipinski definition) is 3. The number of nitrogens with zero attached hydrogens (tertiary/aromatic N) is 1. The van der Waals surface area contributed by atoms with E-state index in [0.717, 1.165) is 12.1 Å². The average molecular weight is 287 g/mol. The minimum atomic E-state index is -1.08. The fourth-order valence-electron chi connectivity index (χ4n) is 1.74. The SMILES string of the molecule is N#Cc1ccc(CNC(=O)c2c(F)ccc(N)c2F)cc1. The van der Waals surface area contributed by atoms with Gasteiger partial charge in [-0.1, -0.05) is 12.1 Å². The number of nitrogens with one attached hydrogen (secondary N) is 1.